The molecular formula is C17H21N5O2. The monoisotopic (exact) mass is 327 g/mol. The van der Waals surface area contributed by atoms with Crippen molar-refractivity contribution in [1.82, 2.24) is 19.7 Å². The van der Waals surface area contributed by atoms with Gasteiger partial charge in [-0.15, -0.1) is 0 Å². The topological polar surface area (TPSA) is 85.1 Å². The highest BCUT2D eigenvalue weighted by Crippen LogP contribution is 2.22. The number of rotatable bonds is 6. The van der Waals surface area contributed by atoms with E-state index in [9.17, 15) is 5.11 Å². The fraction of sp³-hybridized carbons (Fsp3) is 0.353. The molecule has 0 aliphatic rings. The van der Waals surface area contributed by atoms with Crippen LogP contribution in [-0.4, -0.2) is 37.5 Å². The van der Waals surface area contributed by atoms with E-state index in [1.165, 1.54) is 6.33 Å². The van der Waals surface area contributed by atoms with Gasteiger partial charge >= 0.3 is 0 Å². The Balaban J connectivity index is 1.71. The fourth-order valence-electron chi connectivity index (χ4n) is 2.47. The molecule has 0 aliphatic carbocycles. The maximum absolute atomic E-state index is 10.4. The van der Waals surface area contributed by atoms with Gasteiger partial charge in [-0.1, -0.05) is 12.1 Å². The molecule has 126 valence electrons. The number of nitrogens with one attached hydrogen (secondary N) is 1. The molecule has 0 saturated heterocycles. The van der Waals surface area contributed by atoms with Crippen LogP contribution in [0.15, 0.2) is 36.8 Å². The zero-order chi connectivity index (χ0) is 17.1. The van der Waals surface area contributed by atoms with Crippen molar-refractivity contribution in [3.05, 3.63) is 42.4 Å². The molecular weight excluding hydrogens is 306 g/mol. The Morgan fingerprint density at radius 3 is 2.92 bits per heavy atom. The summed E-state index contributed by atoms with van der Waals surface area (Å²) in [4.78, 5) is 8.36. The van der Waals surface area contributed by atoms with Gasteiger partial charge in [-0.2, -0.15) is 5.10 Å². The summed E-state index contributed by atoms with van der Waals surface area (Å²) in [6.45, 7) is 4.27. The van der Waals surface area contributed by atoms with Gasteiger partial charge in [0.05, 0.1) is 17.6 Å². The highest BCUT2D eigenvalue weighted by molar-refractivity contribution is 5.85. The van der Waals surface area contributed by atoms with Crippen molar-refractivity contribution in [2.45, 2.75) is 26.1 Å². The summed E-state index contributed by atoms with van der Waals surface area (Å²) in [5, 5.41) is 18.7. The van der Waals surface area contributed by atoms with E-state index in [2.05, 4.69) is 20.4 Å². The van der Waals surface area contributed by atoms with Gasteiger partial charge in [-0.05, 0) is 31.5 Å². The maximum atomic E-state index is 10.4. The number of aliphatic hydroxyl groups excluding tert-OH is 1. The van der Waals surface area contributed by atoms with Crippen molar-refractivity contribution in [2.24, 2.45) is 7.05 Å². The first-order valence-corrected chi connectivity index (χ1v) is 7.86. The number of nitrogens with zero attached hydrogens (tertiary/aromatic N) is 4. The lowest BCUT2D eigenvalue weighted by molar-refractivity contribution is 0.190. The predicted octanol–water partition coefficient (Wildman–Crippen LogP) is 2.30. The molecule has 3 aromatic rings. The minimum Gasteiger partial charge on any atom is -0.491 e. The first-order chi connectivity index (χ1) is 11.5. The normalized spacial score (nSPS) is 12.5. The van der Waals surface area contributed by atoms with Crippen molar-refractivity contribution in [3.63, 3.8) is 0 Å². The minimum atomic E-state index is -0.678. The van der Waals surface area contributed by atoms with Crippen LogP contribution in [-0.2, 0) is 7.05 Å². The molecule has 0 aliphatic heterocycles. The summed E-state index contributed by atoms with van der Waals surface area (Å²) in [7, 11) is 1.83. The van der Waals surface area contributed by atoms with Crippen molar-refractivity contribution < 1.29 is 9.84 Å². The predicted molar refractivity (Wildman–Crippen MR) is 92.0 cm³/mol. The van der Waals surface area contributed by atoms with Crippen LogP contribution in [0.3, 0.4) is 0 Å². The zero-order valence-electron chi connectivity index (χ0n) is 14.0. The third kappa shape index (κ3) is 3.62. The Bertz CT molecular complexity index is 831. The van der Waals surface area contributed by atoms with E-state index in [1.807, 2.05) is 51.4 Å². The lowest BCUT2D eigenvalue weighted by Crippen LogP contribution is -2.13. The molecule has 7 nitrogen and oxygen atoms in total. The smallest absolute Gasteiger partial charge is 0.186 e. The molecule has 2 aromatic heterocycles. The molecule has 0 radical (unpaired) electrons. The van der Waals surface area contributed by atoms with Crippen LogP contribution in [0.2, 0.25) is 0 Å². The van der Waals surface area contributed by atoms with E-state index in [4.69, 9.17) is 4.74 Å². The van der Waals surface area contributed by atoms with Crippen LogP contribution >= 0.6 is 0 Å². The summed E-state index contributed by atoms with van der Waals surface area (Å²) >= 11 is 0. The molecule has 0 fully saturated rings. The van der Waals surface area contributed by atoms with Gasteiger partial charge in [0.1, 0.15) is 17.9 Å². The number of aromatic nitrogens is 4. The molecule has 1 atom stereocenters. The second-order valence-corrected chi connectivity index (χ2v) is 5.90. The zero-order valence-corrected chi connectivity index (χ0v) is 14.0. The standard InChI is InChI=1S/C17H21N5O2/c1-11(2)24-13-6-4-5-12(7-13)15(23)8-18-16-14-9-22(3)21-17(14)20-10-19-16/h4-7,9-11,15,23H,8H2,1-3H3,(H,18,19,20,21). The third-order valence-corrected chi connectivity index (χ3v) is 3.51. The highest BCUT2D eigenvalue weighted by atomic mass is 16.5. The molecule has 0 amide bonds. The SMILES string of the molecule is CC(C)Oc1cccc(C(O)CNc2ncnc3nn(C)cc23)c1. The van der Waals surface area contributed by atoms with Gasteiger partial charge in [-0.25, -0.2) is 9.97 Å². The van der Waals surface area contributed by atoms with E-state index in [0.717, 1.165) is 16.7 Å². The first-order valence-electron chi connectivity index (χ1n) is 7.86. The average molecular weight is 327 g/mol. The number of benzene rings is 1. The van der Waals surface area contributed by atoms with Crippen molar-refractivity contribution >= 4 is 16.9 Å². The molecule has 24 heavy (non-hydrogen) atoms. The molecule has 0 spiro atoms. The van der Waals surface area contributed by atoms with Gasteiger partial charge in [-0.3, -0.25) is 4.68 Å². The largest absolute Gasteiger partial charge is 0.491 e. The van der Waals surface area contributed by atoms with Crippen LogP contribution < -0.4 is 10.1 Å². The number of hydrogen-bond acceptors (Lipinski definition) is 6. The van der Waals surface area contributed by atoms with Crippen LogP contribution in [0, 0.1) is 0 Å². The summed E-state index contributed by atoms with van der Waals surface area (Å²) in [6, 6.07) is 7.48. The van der Waals surface area contributed by atoms with Gasteiger partial charge in [0.15, 0.2) is 5.65 Å². The summed E-state index contributed by atoms with van der Waals surface area (Å²) < 4.78 is 7.35. The first kappa shape index (κ1) is 16.2. The quantitative estimate of drug-likeness (QED) is 0.722. The van der Waals surface area contributed by atoms with Crippen LogP contribution in [0.4, 0.5) is 5.82 Å². The van der Waals surface area contributed by atoms with Crippen molar-refractivity contribution in [1.29, 1.82) is 0 Å². The third-order valence-electron chi connectivity index (χ3n) is 3.51. The van der Waals surface area contributed by atoms with Gasteiger partial charge in [0.25, 0.3) is 0 Å². The molecule has 0 bridgehead atoms. The van der Waals surface area contributed by atoms with E-state index >= 15 is 0 Å². The van der Waals surface area contributed by atoms with E-state index in [1.54, 1.807) is 4.68 Å². The second kappa shape index (κ2) is 6.84. The van der Waals surface area contributed by atoms with Gasteiger partial charge < -0.3 is 15.2 Å². The van der Waals surface area contributed by atoms with Gasteiger partial charge in [0, 0.05) is 19.8 Å². The van der Waals surface area contributed by atoms with Crippen LogP contribution in [0.5, 0.6) is 5.75 Å². The summed E-state index contributed by atoms with van der Waals surface area (Å²) in [5.74, 6) is 1.40. The molecule has 2 heterocycles. The number of anilines is 1. The lowest BCUT2D eigenvalue weighted by atomic mass is 10.1. The molecule has 3 rings (SSSR count). The number of aliphatic hydroxyl groups is 1. The molecule has 1 aromatic carbocycles. The maximum Gasteiger partial charge on any atom is 0.186 e. The second-order valence-electron chi connectivity index (χ2n) is 5.90. The molecule has 7 heteroatoms. The minimum absolute atomic E-state index is 0.0930. The van der Waals surface area contributed by atoms with E-state index in [0.29, 0.717) is 18.0 Å². The Morgan fingerprint density at radius 1 is 1.29 bits per heavy atom. The number of aryl methyl sites for hydroxylation is 1. The fourth-order valence-corrected chi connectivity index (χ4v) is 2.47. The van der Waals surface area contributed by atoms with Crippen LogP contribution in [0.1, 0.15) is 25.5 Å². The Hall–Kier alpha value is -2.67. The highest BCUT2D eigenvalue weighted by Gasteiger charge is 2.12. The number of hydrogen-bond donors (Lipinski definition) is 2. The Kier molecular flexibility index (Phi) is 4.61. The summed E-state index contributed by atoms with van der Waals surface area (Å²) in [5.41, 5.74) is 1.41. The lowest BCUT2D eigenvalue weighted by Gasteiger charge is -2.15. The van der Waals surface area contributed by atoms with Gasteiger partial charge in [0.2, 0.25) is 0 Å². The average Bonchev–Trinajstić information content (AvgIpc) is 2.93. The van der Waals surface area contributed by atoms with Crippen molar-refractivity contribution in [2.75, 3.05) is 11.9 Å². The molecule has 1 unspecified atom stereocenters. The number of ether oxygens (including phenoxy) is 1. The molecule has 2 N–H and O–H groups in total. The Labute approximate surface area is 140 Å². The molecule has 0 saturated carbocycles. The van der Waals surface area contributed by atoms with Crippen LogP contribution in [0.25, 0.3) is 11.0 Å². The summed E-state index contributed by atoms with van der Waals surface area (Å²) in [6.07, 6.45) is 2.72. The van der Waals surface area contributed by atoms with Crippen molar-refractivity contribution in [3.8, 4) is 5.75 Å². The van der Waals surface area contributed by atoms with E-state index < -0.39 is 6.10 Å². The Morgan fingerprint density at radius 2 is 2.12 bits per heavy atom. The van der Waals surface area contributed by atoms with E-state index in [-0.39, 0.29) is 6.10 Å². The number of fused-ring (bicyclic) bond motifs is 1.